The zero-order chi connectivity index (χ0) is 21.2. The van der Waals surface area contributed by atoms with Gasteiger partial charge in [0.1, 0.15) is 0 Å². The third kappa shape index (κ3) is 4.49. The summed E-state index contributed by atoms with van der Waals surface area (Å²) in [6.07, 6.45) is 1.58. The van der Waals surface area contributed by atoms with E-state index in [-0.39, 0.29) is 5.92 Å². The second-order valence-electron chi connectivity index (χ2n) is 7.85. The van der Waals surface area contributed by atoms with Crippen LogP contribution in [-0.2, 0) is 6.18 Å². The summed E-state index contributed by atoms with van der Waals surface area (Å²) in [6, 6.07) is 5.67. The molecule has 2 nitrogen and oxygen atoms in total. The number of benzene rings is 1. The van der Waals surface area contributed by atoms with Gasteiger partial charge in [0.05, 0.1) is 5.56 Å². The van der Waals surface area contributed by atoms with E-state index in [2.05, 4.69) is 36.4 Å². The van der Waals surface area contributed by atoms with Crippen LogP contribution in [0.4, 0.5) is 13.2 Å². The summed E-state index contributed by atoms with van der Waals surface area (Å²) in [5, 5.41) is 0. The topological polar surface area (TPSA) is 15.6 Å². The second-order valence-corrected chi connectivity index (χ2v) is 7.85. The van der Waals surface area contributed by atoms with E-state index in [1.165, 1.54) is 23.3 Å². The molecule has 3 rings (SSSR count). The molecule has 1 aliphatic heterocycles. The number of alkyl halides is 3. The first-order valence-corrected chi connectivity index (χ1v) is 10.2. The number of piperidine rings is 1. The molecule has 0 radical (unpaired) electrons. The molecule has 29 heavy (non-hydrogen) atoms. The Morgan fingerprint density at radius 1 is 1.24 bits per heavy atom. The van der Waals surface area contributed by atoms with Crippen LogP contribution in [0.3, 0.4) is 0 Å². The Morgan fingerprint density at radius 3 is 2.52 bits per heavy atom. The molecule has 0 N–H and O–H groups in total. The molecule has 1 atom stereocenters. The Morgan fingerprint density at radius 2 is 1.93 bits per heavy atom. The number of likely N-dealkylation sites (tertiary alicyclic amines) is 1. The molecule has 0 amide bonds. The van der Waals surface area contributed by atoms with Crippen LogP contribution in [0.5, 0.6) is 0 Å². The predicted octanol–water partition coefficient (Wildman–Crippen LogP) is 6.53. The normalized spacial score (nSPS) is 23.4. The maximum Gasteiger partial charge on any atom is 0.416 e. The third-order valence-corrected chi connectivity index (χ3v) is 6.00. The summed E-state index contributed by atoms with van der Waals surface area (Å²) in [4.78, 5) is 6.87. The largest absolute Gasteiger partial charge is 0.416 e. The minimum Gasteiger partial charge on any atom is -0.370 e. The second kappa shape index (κ2) is 8.60. The molecule has 5 heteroatoms. The van der Waals surface area contributed by atoms with Crippen LogP contribution in [0.15, 0.2) is 64.3 Å². The van der Waals surface area contributed by atoms with Crippen LogP contribution in [0.25, 0.3) is 0 Å². The Balaban J connectivity index is 1.92. The van der Waals surface area contributed by atoms with Crippen LogP contribution in [0, 0.1) is 0 Å². The van der Waals surface area contributed by atoms with Gasteiger partial charge in [0, 0.05) is 49.5 Å². The number of hydrogen-bond donors (Lipinski definition) is 0. The first-order chi connectivity index (χ1) is 13.8. The molecule has 156 valence electrons. The van der Waals surface area contributed by atoms with Crippen LogP contribution in [0.1, 0.15) is 56.6 Å². The molecule has 1 unspecified atom stereocenters. The van der Waals surface area contributed by atoms with Crippen molar-refractivity contribution < 1.29 is 13.2 Å². The molecule has 1 aromatic rings. The molecular weight excluding hydrogens is 373 g/mol. The van der Waals surface area contributed by atoms with Crippen molar-refractivity contribution in [3.63, 3.8) is 0 Å². The summed E-state index contributed by atoms with van der Waals surface area (Å²) < 4.78 is 38.7. The van der Waals surface area contributed by atoms with Gasteiger partial charge < -0.3 is 4.90 Å². The van der Waals surface area contributed by atoms with Gasteiger partial charge in [-0.2, -0.15) is 13.2 Å². The first kappa shape index (κ1) is 21.4. The van der Waals surface area contributed by atoms with Gasteiger partial charge in [0.2, 0.25) is 0 Å². The summed E-state index contributed by atoms with van der Waals surface area (Å²) in [7, 11) is 1.83. The van der Waals surface area contributed by atoms with Gasteiger partial charge >= 0.3 is 6.18 Å². The Kier molecular flexibility index (Phi) is 6.35. The SMILES string of the molecule is C=C(CC)C(=C1C(C)=CCC1=NC)N1CCCC(c2ccc(C(F)(F)F)cc2)C1. The number of nitrogens with zero attached hydrogens (tertiary/aromatic N) is 2. The van der Waals surface area contributed by atoms with E-state index in [0.717, 1.165) is 61.3 Å². The van der Waals surface area contributed by atoms with Gasteiger partial charge in [0.25, 0.3) is 0 Å². The minimum atomic E-state index is -4.30. The van der Waals surface area contributed by atoms with E-state index in [1.807, 2.05) is 7.05 Å². The minimum absolute atomic E-state index is 0.207. The smallest absolute Gasteiger partial charge is 0.370 e. The molecule has 1 heterocycles. The highest BCUT2D eigenvalue weighted by molar-refractivity contribution is 6.08. The average Bonchev–Trinajstić information content (AvgIpc) is 3.08. The third-order valence-electron chi connectivity index (χ3n) is 6.00. The fraction of sp³-hybridized carbons (Fsp3) is 0.458. The fourth-order valence-electron chi connectivity index (χ4n) is 4.33. The lowest BCUT2D eigenvalue weighted by Crippen LogP contribution is -2.35. The molecule has 0 aromatic heterocycles. The number of hydrogen-bond acceptors (Lipinski definition) is 2. The van der Waals surface area contributed by atoms with Crippen LogP contribution >= 0.6 is 0 Å². The maximum absolute atomic E-state index is 12.9. The molecule has 1 aliphatic carbocycles. The highest BCUT2D eigenvalue weighted by Gasteiger charge is 2.32. The van der Waals surface area contributed by atoms with Crippen LogP contribution in [-0.4, -0.2) is 30.7 Å². The van der Waals surface area contributed by atoms with Crippen molar-refractivity contribution in [1.82, 2.24) is 4.90 Å². The van der Waals surface area contributed by atoms with E-state index in [4.69, 9.17) is 0 Å². The quantitative estimate of drug-likeness (QED) is 0.559. The summed E-state index contributed by atoms with van der Waals surface area (Å²) in [5.74, 6) is 0.207. The highest BCUT2D eigenvalue weighted by Crippen LogP contribution is 2.37. The standard InChI is InChI=1S/C24H29F3N2/c1-5-16(2)23(22-17(3)8-13-21(22)28-4)29-14-6-7-19(15-29)18-9-11-20(12-10-18)24(25,26)27/h8-12,19H,2,5-7,13-15H2,1,3-4H3. The van der Waals surface area contributed by atoms with Gasteiger partial charge in [-0.3, -0.25) is 4.99 Å². The lowest BCUT2D eigenvalue weighted by Gasteiger charge is -2.38. The number of halogens is 3. The van der Waals surface area contributed by atoms with Crippen LogP contribution in [0.2, 0.25) is 0 Å². The molecule has 1 fully saturated rings. The Hall–Kier alpha value is -2.30. The van der Waals surface area contributed by atoms with E-state index < -0.39 is 11.7 Å². The van der Waals surface area contributed by atoms with Crippen molar-refractivity contribution in [3.05, 3.63) is 70.5 Å². The zero-order valence-corrected chi connectivity index (χ0v) is 17.4. The van der Waals surface area contributed by atoms with Crippen molar-refractivity contribution in [2.24, 2.45) is 4.99 Å². The molecule has 2 aliphatic rings. The zero-order valence-electron chi connectivity index (χ0n) is 17.4. The number of aliphatic imine (C=N–C) groups is 1. The van der Waals surface area contributed by atoms with Crippen molar-refractivity contribution in [2.75, 3.05) is 20.1 Å². The van der Waals surface area contributed by atoms with Crippen molar-refractivity contribution in [2.45, 2.75) is 51.6 Å². The molecular formula is C24H29F3N2. The van der Waals surface area contributed by atoms with Gasteiger partial charge in [-0.05, 0) is 55.0 Å². The van der Waals surface area contributed by atoms with Gasteiger partial charge in [-0.15, -0.1) is 0 Å². The Bertz CT molecular complexity index is 857. The maximum atomic E-state index is 12.9. The Labute approximate surface area is 171 Å². The molecule has 0 saturated carbocycles. The van der Waals surface area contributed by atoms with E-state index >= 15 is 0 Å². The van der Waals surface area contributed by atoms with Gasteiger partial charge in [-0.25, -0.2) is 0 Å². The van der Waals surface area contributed by atoms with E-state index in [0.29, 0.717) is 0 Å². The predicted molar refractivity (Wildman–Crippen MR) is 113 cm³/mol. The number of allylic oxidation sites excluding steroid dienone is 4. The molecule has 1 saturated heterocycles. The van der Waals surface area contributed by atoms with Crippen LogP contribution < -0.4 is 0 Å². The summed E-state index contributed by atoms with van der Waals surface area (Å²) in [6.45, 7) is 10.3. The lowest BCUT2D eigenvalue weighted by atomic mass is 9.88. The van der Waals surface area contributed by atoms with Crippen molar-refractivity contribution in [1.29, 1.82) is 0 Å². The lowest BCUT2D eigenvalue weighted by molar-refractivity contribution is -0.137. The monoisotopic (exact) mass is 402 g/mol. The van der Waals surface area contributed by atoms with Gasteiger partial charge in [0.15, 0.2) is 0 Å². The van der Waals surface area contributed by atoms with Crippen molar-refractivity contribution in [3.8, 4) is 0 Å². The van der Waals surface area contributed by atoms with E-state index in [9.17, 15) is 13.2 Å². The van der Waals surface area contributed by atoms with E-state index in [1.54, 1.807) is 12.1 Å². The average molecular weight is 403 g/mol. The summed E-state index contributed by atoms with van der Waals surface area (Å²) >= 11 is 0. The summed E-state index contributed by atoms with van der Waals surface area (Å²) in [5.41, 5.74) is 6.13. The molecule has 0 spiro atoms. The molecule has 0 bridgehead atoms. The fourth-order valence-corrected chi connectivity index (χ4v) is 4.33. The highest BCUT2D eigenvalue weighted by atomic mass is 19.4. The first-order valence-electron chi connectivity index (χ1n) is 10.2. The number of rotatable bonds is 4. The molecule has 1 aromatic carbocycles. The van der Waals surface area contributed by atoms with Gasteiger partial charge in [-0.1, -0.05) is 31.7 Å². The van der Waals surface area contributed by atoms with Crippen molar-refractivity contribution >= 4 is 5.71 Å².